The zero-order valence-electron chi connectivity index (χ0n) is 14.9. The van der Waals surface area contributed by atoms with Crippen molar-refractivity contribution in [1.29, 1.82) is 0 Å². The van der Waals surface area contributed by atoms with Crippen molar-refractivity contribution in [2.75, 3.05) is 0 Å². The van der Waals surface area contributed by atoms with Crippen molar-refractivity contribution in [3.8, 4) is 0 Å². The van der Waals surface area contributed by atoms with Gasteiger partial charge in [-0.25, -0.2) is 4.79 Å². The number of nitrogens with zero attached hydrogens (tertiary/aromatic N) is 1. The highest BCUT2D eigenvalue weighted by molar-refractivity contribution is 5.90. The largest absolute Gasteiger partial charge is 0.458 e. The summed E-state index contributed by atoms with van der Waals surface area (Å²) >= 11 is 0. The molecule has 0 heterocycles. The second kappa shape index (κ2) is 6.30. The SMILES string of the molecule is O=C(OC1CC2c3ccccc3C1c1ccccc12)c1ccc([N+](=O)[O-])cc1. The van der Waals surface area contributed by atoms with E-state index in [2.05, 4.69) is 36.4 Å². The van der Waals surface area contributed by atoms with Gasteiger partial charge in [0.25, 0.3) is 5.69 Å². The second-order valence-electron chi connectivity index (χ2n) is 7.27. The van der Waals surface area contributed by atoms with Crippen molar-refractivity contribution in [2.24, 2.45) is 0 Å². The Morgan fingerprint density at radius 2 is 1.39 bits per heavy atom. The molecule has 0 aliphatic heterocycles. The van der Waals surface area contributed by atoms with E-state index in [1.54, 1.807) is 0 Å². The third-order valence-corrected chi connectivity index (χ3v) is 5.83. The van der Waals surface area contributed by atoms with Crippen molar-refractivity contribution in [3.63, 3.8) is 0 Å². The minimum absolute atomic E-state index is 0.0133. The number of rotatable bonds is 3. The maximum absolute atomic E-state index is 12.7. The summed E-state index contributed by atoms with van der Waals surface area (Å²) < 4.78 is 5.92. The van der Waals surface area contributed by atoms with Gasteiger partial charge in [0, 0.05) is 24.0 Å². The van der Waals surface area contributed by atoms with E-state index >= 15 is 0 Å². The van der Waals surface area contributed by atoms with E-state index in [4.69, 9.17) is 4.74 Å². The van der Waals surface area contributed by atoms with E-state index in [1.807, 2.05) is 12.1 Å². The van der Waals surface area contributed by atoms with Crippen LogP contribution in [0.25, 0.3) is 0 Å². The molecule has 28 heavy (non-hydrogen) atoms. The normalized spacial score (nSPS) is 21.5. The molecule has 0 spiro atoms. The van der Waals surface area contributed by atoms with Crippen LogP contribution in [0.5, 0.6) is 0 Å². The molecule has 138 valence electrons. The van der Waals surface area contributed by atoms with Crippen LogP contribution in [0.3, 0.4) is 0 Å². The first-order valence-corrected chi connectivity index (χ1v) is 9.26. The Labute approximate surface area is 161 Å². The first-order valence-electron chi connectivity index (χ1n) is 9.26. The fraction of sp³-hybridized carbons (Fsp3) is 0.174. The highest BCUT2D eigenvalue weighted by atomic mass is 16.6. The van der Waals surface area contributed by atoms with Gasteiger partial charge in [0.2, 0.25) is 0 Å². The van der Waals surface area contributed by atoms with Crippen molar-refractivity contribution in [3.05, 3.63) is 111 Å². The van der Waals surface area contributed by atoms with E-state index in [1.165, 1.54) is 46.5 Å². The molecule has 0 fully saturated rings. The van der Waals surface area contributed by atoms with Crippen LogP contribution < -0.4 is 0 Å². The van der Waals surface area contributed by atoms with Crippen LogP contribution in [0.4, 0.5) is 5.69 Å². The number of esters is 1. The first-order chi connectivity index (χ1) is 13.6. The van der Waals surface area contributed by atoms with Crippen LogP contribution in [-0.4, -0.2) is 17.0 Å². The number of hydrogen-bond donors (Lipinski definition) is 0. The molecule has 1 atom stereocenters. The molecule has 0 N–H and O–H groups in total. The lowest BCUT2D eigenvalue weighted by Gasteiger charge is -2.44. The minimum Gasteiger partial charge on any atom is -0.458 e. The Morgan fingerprint density at radius 1 is 0.857 bits per heavy atom. The number of benzene rings is 3. The summed E-state index contributed by atoms with van der Waals surface area (Å²) in [7, 11) is 0. The van der Waals surface area contributed by atoms with E-state index in [-0.39, 0.29) is 23.6 Å². The average Bonchev–Trinajstić information content (AvgIpc) is 2.74. The van der Waals surface area contributed by atoms with Crippen molar-refractivity contribution in [1.82, 2.24) is 0 Å². The van der Waals surface area contributed by atoms with Gasteiger partial charge >= 0.3 is 5.97 Å². The lowest BCUT2D eigenvalue weighted by molar-refractivity contribution is -0.384. The summed E-state index contributed by atoms with van der Waals surface area (Å²) in [4.78, 5) is 23.0. The van der Waals surface area contributed by atoms with Crippen molar-refractivity contribution < 1.29 is 14.5 Å². The van der Waals surface area contributed by atoms with Crippen molar-refractivity contribution in [2.45, 2.75) is 24.4 Å². The number of nitro groups is 1. The standard InChI is InChI=1S/C23H17NO4/c25-23(14-9-11-15(12-10-14)24(26)27)28-21-13-20-16-5-1-3-7-18(16)22(21)19-8-4-2-6-17(19)20/h1-12,20-22H,13H2. The lowest BCUT2D eigenvalue weighted by atomic mass is 9.62. The Morgan fingerprint density at radius 3 is 1.93 bits per heavy atom. The zero-order chi connectivity index (χ0) is 19.3. The molecule has 1 unspecified atom stereocenters. The van der Waals surface area contributed by atoms with Gasteiger partial charge < -0.3 is 4.74 Å². The van der Waals surface area contributed by atoms with Crippen LogP contribution >= 0.6 is 0 Å². The topological polar surface area (TPSA) is 69.4 Å². The first kappa shape index (κ1) is 16.7. The van der Waals surface area contributed by atoms with Gasteiger partial charge in [-0.2, -0.15) is 0 Å². The van der Waals surface area contributed by atoms with Gasteiger partial charge in [0.1, 0.15) is 6.10 Å². The fourth-order valence-corrected chi connectivity index (χ4v) is 4.62. The summed E-state index contributed by atoms with van der Waals surface area (Å²) in [6, 6.07) is 22.3. The number of nitro benzene ring substituents is 1. The molecule has 5 heteroatoms. The fourth-order valence-electron chi connectivity index (χ4n) is 4.62. The molecule has 5 nitrogen and oxygen atoms in total. The maximum Gasteiger partial charge on any atom is 0.338 e. The van der Waals surface area contributed by atoms with Gasteiger partial charge in [0.05, 0.1) is 10.5 Å². The van der Waals surface area contributed by atoms with Crippen LogP contribution in [0.2, 0.25) is 0 Å². The van der Waals surface area contributed by atoms with Gasteiger partial charge in [0.15, 0.2) is 0 Å². The van der Waals surface area contributed by atoms with Gasteiger partial charge in [-0.1, -0.05) is 48.5 Å². The molecular formula is C23H17NO4. The Bertz CT molecular complexity index is 1040. The Kier molecular flexibility index (Phi) is 3.76. The number of hydrogen-bond acceptors (Lipinski definition) is 4. The maximum atomic E-state index is 12.7. The number of carbonyl (C=O) groups excluding carboxylic acids is 1. The van der Waals surface area contributed by atoms with E-state index in [0.29, 0.717) is 5.56 Å². The molecular weight excluding hydrogens is 354 g/mol. The summed E-state index contributed by atoms with van der Waals surface area (Å²) in [5.74, 6) is -0.214. The third-order valence-electron chi connectivity index (χ3n) is 5.83. The molecule has 3 aromatic rings. The molecule has 0 aromatic heterocycles. The van der Waals surface area contributed by atoms with E-state index in [9.17, 15) is 14.9 Å². The molecule has 3 aromatic carbocycles. The summed E-state index contributed by atoms with van der Waals surface area (Å²) in [6.07, 6.45) is 0.495. The second-order valence-corrected chi connectivity index (χ2v) is 7.27. The molecule has 0 amide bonds. The Balaban J connectivity index is 1.47. The van der Waals surface area contributed by atoms with Crippen LogP contribution in [-0.2, 0) is 4.74 Å². The number of non-ortho nitro benzene ring substituents is 1. The molecule has 3 aliphatic rings. The predicted octanol–water partition coefficient (Wildman–Crippen LogP) is 4.80. The molecule has 3 aliphatic carbocycles. The number of carbonyl (C=O) groups is 1. The van der Waals surface area contributed by atoms with Gasteiger partial charge in [-0.05, 0) is 40.8 Å². The van der Waals surface area contributed by atoms with Crippen LogP contribution in [0, 0.1) is 10.1 Å². The smallest absolute Gasteiger partial charge is 0.338 e. The summed E-state index contributed by atoms with van der Waals surface area (Å²) in [5, 5.41) is 10.8. The highest BCUT2D eigenvalue weighted by Crippen LogP contribution is 2.53. The number of ether oxygens (including phenoxy) is 1. The molecule has 0 saturated carbocycles. The van der Waals surface area contributed by atoms with E-state index in [0.717, 1.165) is 6.42 Å². The molecule has 2 bridgehead atoms. The van der Waals surface area contributed by atoms with Gasteiger partial charge in [-0.3, -0.25) is 10.1 Å². The Hall–Kier alpha value is -3.47. The van der Waals surface area contributed by atoms with Crippen LogP contribution in [0.15, 0.2) is 72.8 Å². The lowest BCUT2D eigenvalue weighted by Crippen LogP contribution is -2.38. The summed E-state index contributed by atoms with van der Waals surface area (Å²) in [5.41, 5.74) is 5.35. The van der Waals surface area contributed by atoms with E-state index < -0.39 is 10.9 Å². The number of fused-ring (bicyclic) bond motifs is 1. The quantitative estimate of drug-likeness (QED) is 0.377. The van der Waals surface area contributed by atoms with Crippen molar-refractivity contribution >= 4 is 11.7 Å². The highest BCUT2D eigenvalue weighted by Gasteiger charge is 2.44. The molecule has 0 saturated heterocycles. The van der Waals surface area contributed by atoms with Crippen LogP contribution in [0.1, 0.15) is 50.9 Å². The molecule has 6 rings (SSSR count). The third kappa shape index (κ3) is 2.51. The zero-order valence-corrected chi connectivity index (χ0v) is 14.9. The van der Waals surface area contributed by atoms with Gasteiger partial charge in [-0.15, -0.1) is 0 Å². The predicted molar refractivity (Wildman–Crippen MR) is 103 cm³/mol. The molecule has 0 radical (unpaired) electrons. The monoisotopic (exact) mass is 371 g/mol. The average molecular weight is 371 g/mol. The minimum atomic E-state index is -0.483. The summed E-state index contributed by atoms with van der Waals surface area (Å²) in [6.45, 7) is 0.